The van der Waals surface area contributed by atoms with E-state index in [0.29, 0.717) is 16.3 Å². The fourth-order valence-corrected chi connectivity index (χ4v) is 4.03. The monoisotopic (exact) mass is 368 g/mol. The topological polar surface area (TPSA) is 45.5 Å². The van der Waals surface area contributed by atoms with Gasteiger partial charge < -0.3 is 14.6 Å². The van der Waals surface area contributed by atoms with Gasteiger partial charge in [0.1, 0.15) is 6.26 Å². The number of nitrogens with one attached hydrogen (secondary N) is 1. The molecule has 1 amide bonds. The summed E-state index contributed by atoms with van der Waals surface area (Å²) < 4.78 is 5.72. The summed E-state index contributed by atoms with van der Waals surface area (Å²) in [5.41, 5.74) is 0.594. The first-order valence-corrected chi connectivity index (χ1v) is 9.27. The number of carbonyl (C=O) groups is 1. The van der Waals surface area contributed by atoms with Crippen LogP contribution in [0.3, 0.4) is 0 Å². The van der Waals surface area contributed by atoms with Gasteiger partial charge in [-0.15, -0.1) is 0 Å². The van der Waals surface area contributed by atoms with Crippen LogP contribution in [0.2, 0.25) is 0 Å². The highest BCUT2D eigenvalue weighted by Crippen LogP contribution is 2.25. The summed E-state index contributed by atoms with van der Waals surface area (Å²) in [7, 11) is 0. The van der Waals surface area contributed by atoms with Crippen molar-refractivity contribution in [2.75, 3.05) is 19.6 Å². The third-order valence-corrected chi connectivity index (χ3v) is 5.41. The van der Waals surface area contributed by atoms with E-state index in [0.717, 1.165) is 31.8 Å². The molecule has 0 radical (unpaired) electrons. The molecule has 1 N–H and O–H groups in total. The Kier molecular flexibility index (Phi) is 5.58. The number of halogens is 1. The lowest BCUT2D eigenvalue weighted by atomic mass is 9.88. The van der Waals surface area contributed by atoms with Crippen LogP contribution in [0.25, 0.3) is 0 Å². The van der Waals surface area contributed by atoms with Crippen LogP contribution in [0.15, 0.2) is 21.4 Å². The van der Waals surface area contributed by atoms with E-state index < -0.39 is 0 Å². The predicted molar refractivity (Wildman–Crippen MR) is 89.9 cm³/mol. The summed E-state index contributed by atoms with van der Waals surface area (Å²) in [4.78, 5) is 14.7. The third kappa shape index (κ3) is 4.35. The minimum Gasteiger partial charge on any atom is -0.457 e. The van der Waals surface area contributed by atoms with Gasteiger partial charge in [-0.2, -0.15) is 0 Å². The molecule has 0 atom stereocenters. The minimum atomic E-state index is -0.0276. The Hall–Kier alpha value is -0.810. The molecule has 0 spiro atoms. The van der Waals surface area contributed by atoms with E-state index in [4.69, 9.17) is 4.42 Å². The van der Waals surface area contributed by atoms with E-state index in [2.05, 4.69) is 26.1 Å². The summed E-state index contributed by atoms with van der Waals surface area (Å²) in [5.74, 6) is 0.878. The molecule has 2 heterocycles. The molecule has 122 valence electrons. The SMILES string of the molecule is O=C(NC1CCN(CC2CCCCC2)CC1)c1coc(Br)c1. The quantitative estimate of drug-likeness (QED) is 0.878. The average Bonchev–Trinajstić information content (AvgIpc) is 2.97. The van der Waals surface area contributed by atoms with Crippen molar-refractivity contribution < 1.29 is 9.21 Å². The molecule has 0 bridgehead atoms. The molecule has 0 unspecified atom stereocenters. The maximum absolute atomic E-state index is 12.1. The van der Waals surface area contributed by atoms with Gasteiger partial charge in [-0.3, -0.25) is 4.79 Å². The van der Waals surface area contributed by atoms with E-state index in [9.17, 15) is 4.79 Å². The highest BCUT2D eigenvalue weighted by molar-refractivity contribution is 9.10. The Bertz CT molecular complexity index is 489. The molecule has 22 heavy (non-hydrogen) atoms. The van der Waals surface area contributed by atoms with E-state index in [1.807, 2.05) is 0 Å². The van der Waals surface area contributed by atoms with Crippen molar-refractivity contribution in [1.29, 1.82) is 0 Å². The molecule has 2 fully saturated rings. The third-order valence-electron chi connectivity index (χ3n) is 4.99. The Labute approximate surface area is 140 Å². The minimum absolute atomic E-state index is 0.0276. The second kappa shape index (κ2) is 7.64. The van der Waals surface area contributed by atoms with Gasteiger partial charge in [-0.1, -0.05) is 19.3 Å². The maximum atomic E-state index is 12.1. The number of nitrogens with zero attached hydrogens (tertiary/aromatic N) is 1. The Morgan fingerprint density at radius 1 is 1.23 bits per heavy atom. The van der Waals surface area contributed by atoms with Gasteiger partial charge in [-0.25, -0.2) is 0 Å². The second-order valence-electron chi connectivity index (χ2n) is 6.69. The van der Waals surface area contributed by atoms with E-state index in [1.165, 1.54) is 44.9 Å². The van der Waals surface area contributed by atoms with Crippen molar-refractivity contribution in [3.63, 3.8) is 0 Å². The first-order valence-electron chi connectivity index (χ1n) is 8.48. The normalized spacial score (nSPS) is 21.9. The second-order valence-corrected chi connectivity index (χ2v) is 7.47. The molecular formula is C17H25BrN2O2. The van der Waals surface area contributed by atoms with E-state index >= 15 is 0 Å². The summed E-state index contributed by atoms with van der Waals surface area (Å²) in [6.45, 7) is 3.47. The molecule has 5 heteroatoms. The van der Waals surface area contributed by atoms with Gasteiger partial charge in [0.25, 0.3) is 5.91 Å². The first-order chi connectivity index (χ1) is 10.7. The molecule has 0 aromatic carbocycles. The number of rotatable bonds is 4. The molecular weight excluding hydrogens is 344 g/mol. The van der Waals surface area contributed by atoms with Crippen molar-refractivity contribution in [2.45, 2.75) is 51.0 Å². The van der Waals surface area contributed by atoms with Crippen molar-refractivity contribution >= 4 is 21.8 Å². The smallest absolute Gasteiger partial charge is 0.254 e. The van der Waals surface area contributed by atoms with Crippen molar-refractivity contribution in [3.8, 4) is 0 Å². The zero-order valence-electron chi connectivity index (χ0n) is 13.0. The lowest BCUT2D eigenvalue weighted by molar-refractivity contribution is 0.0901. The maximum Gasteiger partial charge on any atom is 0.254 e. The van der Waals surface area contributed by atoms with Gasteiger partial charge in [0.15, 0.2) is 4.67 Å². The van der Waals surface area contributed by atoms with Gasteiger partial charge in [0.05, 0.1) is 5.56 Å². The highest BCUT2D eigenvalue weighted by Gasteiger charge is 2.24. The molecule has 1 saturated carbocycles. The molecule has 1 aliphatic heterocycles. The number of carbonyl (C=O) groups excluding carboxylic acids is 1. The van der Waals surface area contributed by atoms with Crippen LogP contribution in [-0.2, 0) is 0 Å². The average molecular weight is 369 g/mol. The van der Waals surface area contributed by atoms with Crippen LogP contribution in [0.5, 0.6) is 0 Å². The molecule has 4 nitrogen and oxygen atoms in total. The highest BCUT2D eigenvalue weighted by atomic mass is 79.9. The fourth-order valence-electron chi connectivity index (χ4n) is 3.69. The fraction of sp³-hybridized carbons (Fsp3) is 0.706. The Balaban J connectivity index is 1.40. The summed E-state index contributed by atoms with van der Waals surface area (Å²) in [5, 5.41) is 3.13. The van der Waals surface area contributed by atoms with Crippen LogP contribution in [0, 0.1) is 5.92 Å². The Morgan fingerprint density at radius 3 is 2.59 bits per heavy atom. The summed E-state index contributed by atoms with van der Waals surface area (Å²) in [6.07, 6.45) is 10.7. The number of hydrogen-bond donors (Lipinski definition) is 1. The first kappa shape index (κ1) is 16.1. The van der Waals surface area contributed by atoms with E-state index in [1.54, 1.807) is 6.07 Å². The lowest BCUT2D eigenvalue weighted by Gasteiger charge is -2.35. The number of likely N-dealkylation sites (tertiary alicyclic amines) is 1. The van der Waals surface area contributed by atoms with Crippen molar-refractivity contribution in [2.24, 2.45) is 5.92 Å². The number of furan rings is 1. The Morgan fingerprint density at radius 2 is 1.95 bits per heavy atom. The van der Waals surface area contributed by atoms with E-state index in [-0.39, 0.29) is 5.91 Å². The molecule has 1 aromatic heterocycles. The van der Waals surface area contributed by atoms with Gasteiger partial charge in [-0.05, 0) is 47.5 Å². The zero-order chi connectivity index (χ0) is 15.4. The number of hydrogen-bond acceptors (Lipinski definition) is 3. The van der Waals surface area contributed by atoms with Crippen molar-refractivity contribution in [1.82, 2.24) is 10.2 Å². The predicted octanol–water partition coefficient (Wildman–Crippen LogP) is 3.82. The number of piperidine rings is 1. The lowest BCUT2D eigenvalue weighted by Crippen LogP contribution is -2.45. The van der Waals surface area contributed by atoms with Crippen LogP contribution in [-0.4, -0.2) is 36.5 Å². The standard InChI is InChI=1S/C17H25BrN2O2/c18-16-10-14(12-22-16)17(21)19-15-6-8-20(9-7-15)11-13-4-2-1-3-5-13/h10,12-13,15H,1-9,11H2,(H,19,21). The van der Waals surface area contributed by atoms with Gasteiger partial charge >= 0.3 is 0 Å². The van der Waals surface area contributed by atoms with Gasteiger partial charge in [0.2, 0.25) is 0 Å². The molecule has 1 saturated heterocycles. The molecule has 1 aliphatic carbocycles. The van der Waals surface area contributed by atoms with Crippen LogP contribution >= 0.6 is 15.9 Å². The molecule has 1 aromatic rings. The van der Waals surface area contributed by atoms with Crippen LogP contribution in [0.4, 0.5) is 0 Å². The van der Waals surface area contributed by atoms with Gasteiger partial charge in [0, 0.05) is 31.7 Å². The summed E-state index contributed by atoms with van der Waals surface area (Å²) in [6, 6.07) is 2.01. The summed E-state index contributed by atoms with van der Waals surface area (Å²) >= 11 is 3.23. The number of amides is 1. The largest absolute Gasteiger partial charge is 0.457 e. The van der Waals surface area contributed by atoms with Crippen molar-refractivity contribution in [3.05, 3.63) is 22.6 Å². The zero-order valence-corrected chi connectivity index (χ0v) is 14.6. The van der Waals surface area contributed by atoms with Crippen LogP contribution < -0.4 is 5.32 Å². The molecule has 2 aliphatic rings. The molecule has 3 rings (SSSR count). The van der Waals surface area contributed by atoms with Crippen LogP contribution in [0.1, 0.15) is 55.3 Å².